The van der Waals surface area contributed by atoms with Gasteiger partial charge in [0.05, 0.1) is 11.6 Å². The van der Waals surface area contributed by atoms with Crippen molar-refractivity contribution in [3.63, 3.8) is 0 Å². The lowest BCUT2D eigenvalue weighted by Crippen LogP contribution is -1.90. The van der Waals surface area contributed by atoms with Gasteiger partial charge in [0.1, 0.15) is 5.75 Å². The number of nitrogens with zero attached hydrogens (tertiary/aromatic N) is 1. The van der Waals surface area contributed by atoms with Crippen molar-refractivity contribution in [2.75, 3.05) is 7.11 Å². The lowest BCUT2D eigenvalue weighted by atomic mass is 10.1. The zero-order valence-corrected chi connectivity index (χ0v) is 15.5. The van der Waals surface area contributed by atoms with Crippen LogP contribution in [0.3, 0.4) is 0 Å². The van der Waals surface area contributed by atoms with E-state index in [0.717, 1.165) is 34.8 Å². The number of rotatable bonds is 2. The van der Waals surface area contributed by atoms with Crippen molar-refractivity contribution < 1.29 is 4.74 Å². The molecule has 2 aromatic rings. The van der Waals surface area contributed by atoms with Crippen LogP contribution in [0.4, 0.5) is 0 Å². The standard InChI is InChI=1S/C12H7Br4NO/c1-18-11-2-6(7(13)3-8(11)14)12-9(15)4-17-5-10(12)16/h2-5H,1H3. The van der Waals surface area contributed by atoms with Crippen molar-refractivity contribution in [1.82, 2.24) is 4.98 Å². The highest BCUT2D eigenvalue weighted by Crippen LogP contribution is 2.42. The highest BCUT2D eigenvalue weighted by molar-refractivity contribution is 9.11. The van der Waals surface area contributed by atoms with E-state index >= 15 is 0 Å². The van der Waals surface area contributed by atoms with Gasteiger partial charge in [0.2, 0.25) is 0 Å². The van der Waals surface area contributed by atoms with E-state index in [1.165, 1.54) is 0 Å². The summed E-state index contributed by atoms with van der Waals surface area (Å²) in [6, 6.07) is 3.94. The van der Waals surface area contributed by atoms with E-state index in [1.807, 2.05) is 12.1 Å². The fourth-order valence-electron chi connectivity index (χ4n) is 1.55. The zero-order valence-electron chi connectivity index (χ0n) is 9.18. The molecule has 1 aromatic carbocycles. The Bertz CT molecular complexity index is 581. The second kappa shape index (κ2) is 6.03. The summed E-state index contributed by atoms with van der Waals surface area (Å²) in [5, 5.41) is 0. The molecule has 0 fully saturated rings. The molecule has 0 aliphatic carbocycles. The van der Waals surface area contributed by atoms with Gasteiger partial charge in [0.25, 0.3) is 0 Å². The molecule has 2 rings (SSSR count). The number of hydrogen-bond acceptors (Lipinski definition) is 2. The predicted molar refractivity (Wildman–Crippen MR) is 87.0 cm³/mol. The van der Waals surface area contributed by atoms with E-state index in [0.29, 0.717) is 0 Å². The predicted octanol–water partition coefficient (Wildman–Crippen LogP) is 5.81. The number of aromatic nitrogens is 1. The number of hydrogen-bond donors (Lipinski definition) is 0. The maximum absolute atomic E-state index is 5.33. The quantitative estimate of drug-likeness (QED) is 0.519. The molecule has 0 N–H and O–H groups in total. The summed E-state index contributed by atoms with van der Waals surface area (Å²) in [5.74, 6) is 0.781. The molecular weight excluding hydrogens is 494 g/mol. The van der Waals surface area contributed by atoms with Gasteiger partial charge in [0, 0.05) is 36.9 Å². The molecule has 18 heavy (non-hydrogen) atoms. The summed E-state index contributed by atoms with van der Waals surface area (Å²) in [6.07, 6.45) is 3.53. The topological polar surface area (TPSA) is 22.1 Å². The molecule has 0 bridgehead atoms. The first-order valence-electron chi connectivity index (χ1n) is 4.87. The van der Waals surface area contributed by atoms with Crippen LogP contribution < -0.4 is 4.74 Å². The Hall–Kier alpha value is 0.0900. The van der Waals surface area contributed by atoms with E-state index in [1.54, 1.807) is 19.5 Å². The molecule has 0 atom stereocenters. The minimum absolute atomic E-state index is 0.781. The first-order chi connectivity index (χ1) is 8.54. The van der Waals surface area contributed by atoms with Crippen LogP contribution in [0.5, 0.6) is 5.75 Å². The van der Waals surface area contributed by atoms with Crippen molar-refractivity contribution in [3.05, 3.63) is 42.4 Å². The molecule has 1 heterocycles. The molecule has 94 valence electrons. The van der Waals surface area contributed by atoms with E-state index in [-0.39, 0.29) is 0 Å². The van der Waals surface area contributed by atoms with Crippen molar-refractivity contribution in [2.45, 2.75) is 0 Å². The number of methoxy groups -OCH3 is 1. The van der Waals surface area contributed by atoms with Gasteiger partial charge in [-0.15, -0.1) is 0 Å². The first-order valence-corrected chi connectivity index (χ1v) is 8.04. The molecule has 0 aliphatic heterocycles. The molecule has 0 radical (unpaired) electrons. The number of benzene rings is 1. The Morgan fingerprint density at radius 2 is 1.50 bits per heavy atom. The monoisotopic (exact) mass is 497 g/mol. The third kappa shape index (κ3) is 2.81. The van der Waals surface area contributed by atoms with Gasteiger partial charge in [-0.3, -0.25) is 4.98 Å². The van der Waals surface area contributed by atoms with Crippen LogP contribution in [0.1, 0.15) is 0 Å². The molecule has 0 unspecified atom stereocenters. The SMILES string of the molecule is COc1cc(-c2c(Br)cncc2Br)c(Br)cc1Br. The molecule has 6 heteroatoms. The van der Waals surface area contributed by atoms with E-state index in [4.69, 9.17) is 4.74 Å². The minimum Gasteiger partial charge on any atom is -0.496 e. The second-order valence-electron chi connectivity index (χ2n) is 3.44. The van der Waals surface area contributed by atoms with Crippen molar-refractivity contribution in [3.8, 4) is 16.9 Å². The summed E-state index contributed by atoms with van der Waals surface area (Å²) in [7, 11) is 1.65. The molecule has 0 saturated heterocycles. The Morgan fingerprint density at radius 3 is 2.06 bits per heavy atom. The summed E-state index contributed by atoms with van der Waals surface area (Å²) in [4.78, 5) is 4.11. The lowest BCUT2D eigenvalue weighted by molar-refractivity contribution is 0.412. The third-order valence-electron chi connectivity index (χ3n) is 2.36. The third-order valence-corrected chi connectivity index (χ3v) is 4.84. The van der Waals surface area contributed by atoms with Gasteiger partial charge in [-0.1, -0.05) is 15.9 Å². The smallest absolute Gasteiger partial charge is 0.133 e. The first kappa shape index (κ1) is 14.5. The average Bonchev–Trinajstić information content (AvgIpc) is 2.31. The molecule has 0 spiro atoms. The summed E-state index contributed by atoms with van der Waals surface area (Å²) in [6.45, 7) is 0. The number of pyridine rings is 1. The van der Waals surface area contributed by atoms with Gasteiger partial charge in [-0.2, -0.15) is 0 Å². The van der Waals surface area contributed by atoms with Crippen molar-refractivity contribution in [2.24, 2.45) is 0 Å². The van der Waals surface area contributed by atoms with Crippen LogP contribution in [0.2, 0.25) is 0 Å². The van der Waals surface area contributed by atoms with Gasteiger partial charge in [-0.05, 0) is 59.9 Å². The summed E-state index contributed by atoms with van der Waals surface area (Å²) < 4.78 is 9.04. The molecule has 0 saturated carbocycles. The molecule has 2 nitrogen and oxygen atoms in total. The van der Waals surface area contributed by atoms with Crippen molar-refractivity contribution in [1.29, 1.82) is 0 Å². The maximum atomic E-state index is 5.33. The van der Waals surface area contributed by atoms with E-state index in [2.05, 4.69) is 68.7 Å². The van der Waals surface area contributed by atoms with E-state index < -0.39 is 0 Å². The van der Waals surface area contributed by atoms with Crippen LogP contribution in [0.25, 0.3) is 11.1 Å². The molecule has 0 amide bonds. The van der Waals surface area contributed by atoms with Crippen LogP contribution in [-0.4, -0.2) is 12.1 Å². The van der Waals surface area contributed by atoms with Gasteiger partial charge < -0.3 is 4.74 Å². The zero-order chi connectivity index (χ0) is 13.3. The molecule has 0 aliphatic rings. The summed E-state index contributed by atoms with van der Waals surface area (Å²) >= 11 is 14.1. The maximum Gasteiger partial charge on any atom is 0.133 e. The van der Waals surface area contributed by atoms with Crippen molar-refractivity contribution >= 4 is 63.7 Å². The van der Waals surface area contributed by atoms with Crippen LogP contribution in [0.15, 0.2) is 42.4 Å². The normalized spacial score (nSPS) is 10.5. The highest BCUT2D eigenvalue weighted by Gasteiger charge is 2.14. The summed E-state index contributed by atoms with van der Waals surface area (Å²) in [5.41, 5.74) is 2.05. The van der Waals surface area contributed by atoms with Crippen LogP contribution in [0, 0.1) is 0 Å². The number of halogens is 4. The fourth-order valence-corrected chi connectivity index (χ4v) is 4.26. The Balaban J connectivity index is 2.71. The second-order valence-corrected chi connectivity index (χ2v) is 6.86. The molecule has 1 aromatic heterocycles. The van der Waals surface area contributed by atoms with Crippen LogP contribution in [-0.2, 0) is 0 Å². The number of ether oxygens (including phenoxy) is 1. The Kier molecular flexibility index (Phi) is 4.86. The fraction of sp³-hybridized carbons (Fsp3) is 0.0833. The Morgan fingerprint density at radius 1 is 0.889 bits per heavy atom. The minimum atomic E-state index is 0.781. The van der Waals surface area contributed by atoms with Gasteiger partial charge in [0.15, 0.2) is 0 Å². The largest absolute Gasteiger partial charge is 0.496 e. The lowest BCUT2D eigenvalue weighted by Gasteiger charge is -2.12. The van der Waals surface area contributed by atoms with Crippen LogP contribution >= 0.6 is 63.7 Å². The van der Waals surface area contributed by atoms with Gasteiger partial charge >= 0.3 is 0 Å². The van der Waals surface area contributed by atoms with E-state index in [9.17, 15) is 0 Å². The Labute approximate surface area is 139 Å². The highest BCUT2D eigenvalue weighted by atomic mass is 79.9. The average molecular weight is 501 g/mol. The van der Waals surface area contributed by atoms with Gasteiger partial charge in [-0.25, -0.2) is 0 Å². The molecular formula is C12H7Br4NO.